The highest BCUT2D eigenvalue weighted by Crippen LogP contribution is 2.33. The second-order valence-electron chi connectivity index (χ2n) is 5.42. The Kier molecular flexibility index (Phi) is 4.01. The maximum absolute atomic E-state index is 14.2. The summed E-state index contributed by atoms with van der Waals surface area (Å²) in [5, 5.41) is 1.29. The molecule has 0 saturated heterocycles. The molecule has 0 saturated carbocycles. The van der Waals surface area contributed by atoms with Crippen molar-refractivity contribution in [2.75, 3.05) is 7.11 Å². The van der Waals surface area contributed by atoms with E-state index >= 15 is 0 Å². The van der Waals surface area contributed by atoms with Crippen molar-refractivity contribution in [3.8, 4) is 11.3 Å². The molecule has 0 atom stereocenters. The number of hydrogen-bond acceptors (Lipinski definition) is 2. The summed E-state index contributed by atoms with van der Waals surface area (Å²) in [5.41, 5.74) is 1.02. The smallest absolute Gasteiger partial charge is 0.138 e. The van der Waals surface area contributed by atoms with E-state index in [9.17, 15) is 13.2 Å². The van der Waals surface area contributed by atoms with E-state index < -0.39 is 17.5 Å². The minimum atomic E-state index is -0.997. The van der Waals surface area contributed by atoms with Crippen LogP contribution >= 0.6 is 0 Å². The second-order valence-corrected chi connectivity index (χ2v) is 5.42. The number of methoxy groups -OCH3 is 1. The molecule has 1 aromatic heterocycles. The van der Waals surface area contributed by atoms with E-state index in [1.165, 1.54) is 7.11 Å². The Morgan fingerprint density at radius 2 is 1.71 bits per heavy atom. The zero-order valence-electron chi connectivity index (χ0n) is 13.2. The molecule has 0 fully saturated rings. The summed E-state index contributed by atoms with van der Waals surface area (Å²) in [6.07, 6.45) is 0. The normalized spacial score (nSPS) is 10.9. The molecule has 0 amide bonds. The van der Waals surface area contributed by atoms with Crippen LogP contribution in [0.25, 0.3) is 27.8 Å². The number of benzene rings is 2. The number of aromatic nitrogens is 1. The molecule has 2 aromatic carbocycles. The first-order valence-electron chi connectivity index (χ1n) is 7.20. The Bertz CT molecular complexity index is 943. The number of aryl methyl sites for hydroxylation is 1. The molecule has 0 bridgehead atoms. The van der Waals surface area contributed by atoms with Gasteiger partial charge >= 0.3 is 0 Å². The molecule has 3 rings (SSSR count). The van der Waals surface area contributed by atoms with Gasteiger partial charge in [0.15, 0.2) is 0 Å². The van der Waals surface area contributed by atoms with Crippen LogP contribution in [0.2, 0.25) is 0 Å². The second kappa shape index (κ2) is 6.00. The van der Waals surface area contributed by atoms with Gasteiger partial charge in [-0.3, -0.25) is 4.98 Å². The Balaban J connectivity index is 2.37. The van der Waals surface area contributed by atoms with Gasteiger partial charge in [0.1, 0.15) is 23.2 Å². The van der Waals surface area contributed by atoms with Crippen molar-refractivity contribution in [2.45, 2.75) is 6.92 Å². The van der Waals surface area contributed by atoms with Crippen molar-refractivity contribution in [1.82, 2.24) is 4.98 Å². The maximum Gasteiger partial charge on any atom is 0.138 e. The van der Waals surface area contributed by atoms with Crippen LogP contribution in [0.5, 0.6) is 0 Å². The van der Waals surface area contributed by atoms with Gasteiger partial charge in [-0.05, 0) is 24.4 Å². The fourth-order valence-electron chi connectivity index (χ4n) is 2.63. The number of rotatable bonds is 3. The molecule has 0 aliphatic heterocycles. The predicted molar refractivity (Wildman–Crippen MR) is 87.8 cm³/mol. The van der Waals surface area contributed by atoms with E-state index in [0.717, 1.165) is 5.39 Å². The Labute approximate surface area is 137 Å². The lowest BCUT2D eigenvalue weighted by molar-refractivity contribution is 0.371. The average Bonchev–Trinajstić information content (AvgIpc) is 2.52. The van der Waals surface area contributed by atoms with Crippen LogP contribution in [0.3, 0.4) is 0 Å². The third kappa shape index (κ3) is 2.73. The molecule has 0 aliphatic rings. The Morgan fingerprint density at radius 1 is 1.04 bits per heavy atom. The number of fused-ring (bicyclic) bond motifs is 1. The van der Waals surface area contributed by atoms with E-state index in [1.807, 2.05) is 0 Å². The lowest BCUT2D eigenvalue weighted by Crippen LogP contribution is -1.98. The quantitative estimate of drug-likeness (QED) is 0.613. The Hall–Kier alpha value is -2.82. The third-order valence-corrected chi connectivity index (χ3v) is 3.77. The lowest BCUT2D eigenvalue weighted by Gasteiger charge is -2.12. The highest BCUT2D eigenvalue weighted by Gasteiger charge is 2.18. The Morgan fingerprint density at radius 3 is 2.33 bits per heavy atom. The van der Waals surface area contributed by atoms with Gasteiger partial charge in [-0.15, -0.1) is 0 Å². The summed E-state index contributed by atoms with van der Waals surface area (Å²) in [7, 11) is 1.49. The maximum atomic E-state index is 14.2. The number of ether oxygens (including phenoxy) is 1. The fraction of sp³-hybridized carbons (Fsp3) is 0.105. The lowest BCUT2D eigenvalue weighted by atomic mass is 9.99. The summed E-state index contributed by atoms with van der Waals surface area (Å²) in [4.78, 5) is 4.28. The van der Waals surface area contributed by atoms with Crippen molar-refractivity contribution in [2.24, 2.45) is 0 Å². The van der Waals surface area contributed by atoms with Crippen molar-refractivity contribution in [3.05, 3.63) is 71.7 Å². The number of nitrogens with zero attached hydrogens (tertiary/aromatic N) is 1. The molecule has 122 valence electrons. The summed E-state index contributed by atoms with van der Waals surface area (Å²) in [5.74, 6) is -2.55. The first-order valence-corrected chi connectivity index (χ1v) is 7.20. The third-order valence-electron chi connectivity index (χ3n) is 3.77. The summed E-state index contributed by atoms with van der Waals surface area (Å²) in [6, 6.07) is 8.39. The number of hydrogen-bond donors (Lipinski definition) is 0. The molecule has 0 N–H and O–H groups in total. The highest BCUT2D eigenvalue weighted by atomic mass is 19.1. The molecule has 1 heterocycles. The minimum absolute atomic E-state index is 0.116. The van der Waals surface area contributed by atoms with Crippen molar-refractivity contribution < 1.29 is 17.9 Å². The van der Waals surface area contributed by atoms with E-state index in [4.69, 9.17) is 4.74 Å². The first kappa shape index (κ1) is 16.1. The van der Waals surface area contributed by atoms with Gasteiger partial charge in [0.25, 0.3) is 0 Å². The summed E-state index contributed by atoms with van der Waals surface area (Å²) < 4.78 is 46.7. The van der Waals surface area contributed by atoms with E-state index in [-0.39, 0.29) is 11.3 Å². The largest absolute Gasteiger partial charge is 0.497 e. The fourth-order valence-corrected chi connectivity index (χ4v) is 2.63. The molecule has 0 aliphatic carbocycles. The van der Waals surface area contributed by atoms with Crippen molar-refractivity contribution >= 4 is 16.5 Å². The minimum Gasteiger partial charge on any atom is -0.497 e. The van der Waals surface area contributed by atoms with Crippen LogP contribution in [0, 0.1) is 24.4 Å². The molecule has 5 heteroatoms. The molecule has 24 heavy (non-hydrogen) atoms. The molecular weight excluding hydrogens is 315 g/mol. The standard InChI is InChI=1S/C19H14F3NO/c1-10-6-13-5-4-12(11(2)24-3)7-15(13)19(23-10)18-16(21)8-14(20)9-17(18)22/h4-9H,2H2,1,3H3. The van der Waals surface area contributed by atoms with Crippen LogP contribution in [0.15, 0.2) is 43.0 Å². The van der Waals surface area contributed by atoms with E-state index in [1.54, 1.807) is 31.2 Å². The zero-order chi connectivity index (χ0) is 17.4. The van der Waals surface area contributed by atoms with Gasteiger partial charge in [-0.1, -0.05) is 18.7 Å². The molecule has 0 spiro atoms. The molecule has 3 aromatic rings. The van der Waals surface area contributed by atoms with Gasteiger partial charge in [0, 0.05) is 28.8 Å². The van der Waals surface area contributed by atoms with Crippen molar-refractivity contribution in [1.29, 1.82) is 0 Å². The van der Waals surface area contributed by atoms with Crippen LogP contribution in [0.1, 0.15) is 11.3 Å². The summed E-state index contributed by atoms with van der Waals surface area (Å²) in [6.45, 7) is 5.50. The number of pyridine rings is 1. The molecular formula is C19H14F3NO. The monoisotopic (exact) mass is 329 g/mol. The van der Waals surface area contributed by atoms with Crippen LogP contribution in [-0.4, -0.2) is 12.1 Å². The van der Waals surface area contributed by atoms with Crippen LogP contribution in [0.4, 0.5) is 13.2 Å². The van der Waals surface area contributed by atoms with Gasteiger partial charge in [-0.25, -0.2) is 13.2 Å². The van der Waals surface area contributed by atoms with E-state index in [0.29, 0.717) is 34.5 Å². The summed E-state index contributed by atoms with van der Waals surface area (Å²) >= 11 is 0. The zero-order valence-corrected chi connectivity index (χ0v) is 13.2. The predicted octanol–water partition coefficient (Wildman–Crippen LogP) is 5.24. The average molecular weight is 329 g/mol. The van der Waals surface area contributed by atoms with Crippen LogP contribution < -0.4 is 0 Å². The van der Waals surface area contributed by atoms with Gasteiger partial charge in [-0.2, -0.15) is 0 Å². The van der Waals surface area contributed by atoms with Crippen molar-refractivity contribution in [3.63, 3.8) is 0 Å². The highest BCUT2D eigenvalue weighted by molar-refractivity contribution is 5.96. The molecule has 2 nitrogen and oxygen atoms in total. The number of halogens is 3. The van der Waals surface area contributed by atoms with Gasteiger partial charge in [0.05, 0.1) is 18.4 Å². The topological polar surface area (TPSA) is 22.1 Å². The molecule has 0 unspecified atom stereocenters. The molecule has 0 radical (unpaired) electrons. The van der Waals surface area contributed by atoms with Crippen LogP contribution in [-0.2, 0) is 4.74 Å². The van der Waals surface area contributed by atoms with Gasteiger partial charge in [0.2, 0.25) is 0 Å². The first-order chi connectivity index (χ1) is 11.4. The van der Waals surface area contributed by atoms with E-state index in [2.05, 4.69) is 11.6 Å². The SMILES string of the molecule is C=C(OC)c1ccc2cc(C)nc(-c3c(F)cc(F)cc3F)c2c1. The van der Waals surface area contributed by atoms with Gasteiger partial charge < -0.3 is 4.74 Å².